The SMILES string of the molecule is CCCCCCCCCCCCCCn1cc[n+](C)c1C(=O)O. The predicted octanol–water partition coefficient (Wildman–Crippen LogP) is 4.71. The molecule has 23 heavy (non-hydrogen) atoms. The Morgan fingerprint density at radius 2 is 1.43 bits per heavy atom. The van der Waals surface area contributed by atoms with Crippen LogP contribution in [-0.2, 0) is 13.6 Å². The highest BCUT2D eigenvalue weighted by Gasteiger charge is 2.21. The van der Waals surface area contributed by atoms with Crippen LogP contribution < -0.4 is 4.57 Å². The lowest BCUT2D eigenvalue weighted by atomic mass is 10.1. The molecule has 0 spiro atoms. The number of hydrogen-bond donors (Lipinski definition) is 1. The number of hydrogen-bond acceptors (Lipinski definition) is 1. The summed E-state index contributed by atoms with van der Waals surface area (Å²) in [5.41, 5.74) is 0. The third-order valence-corrected chi connectivity index (χ3v) is 4.52. The Hall–Kier alpha value is -1.32. The number of carbonyl (C=O) groups is 1. The molecule has 4 heteroatoms. The van der Waals surface area contributed by atoms with Gasteiger partial charge in [-0.1, -0.05) is 71.1 Å². The zero-order valence-electron chi connectivity index (χ0n) is 15.1. The minimum atomic E-state index is -0.851. The fourth-order valence-corrected chi connectivity index (χ4v) is 3.10. The maximum Gasteiger partial charge on any atom is 0.419 e. The Kier molecular flexibility index (Phi) is 10.4. The van der Waals surface area contributed by atoms with Gasteiger partial charge < -0.3 is 5.11 Å². The normalized spacial score (nSPS) is 11.0. The van der Waals surface area contributed by atoms with Gasteiger partial charge in [-0.05, 0) is 12.8 Å². The minimum absolute atomic E-state index is 0.369. The van der Waals surface area contributed by atoms with Crippen LogP contribution in [0.25, 0.3) is 0 Å². The van der Waals surface area contributed by atoms with E-state index in [1.54, 1.807) is 11.6 Å². The van der Waals surface area contributed by atoms with Crippen molar-refractivity contribution in [2.75, 3.05) is 0 Å². The highest BCUT2D eigenvalue weighted by atomic mass is 16.4. The highest BCUT2D eigenvalue weighted by Crippen LogP contribution is 2.12. The fourth-order valence-electron chi connectivity index (χ4n) is 3.10. The molecule has 0 saturated heterocycles. The van der Waals surface area contributed by atoms with Crippen LogP contribution >= 0.6 is 0 Å². The number of aromatic nitrogens is 2. The summed E-state index contributed by atoms with van der Waals surface area (Å²) in [6.45, 7) is 3.07. The van der Waals surface area contributed by atoms with E-state index in [-0.39, 0.29) is 0 Å². The van der Waals surface area contributed by atoms with E-state index in [4.69, 9.17) is 0 Å². The molecule has 4 nitrogen and oxygen atoms in total. The average molecular weight is 324 g/mol. The van der Waals surface area contributed by atoms with Crippen LogP contribution in [0.3, 0.4) is 0 Å². The zero-order valence-corrected chi connectivity index (χ0v) is 15.1. The van der Waals surface area contributed by atoms with Crippen molar-refractivity contribution in [3.63, 3.8) is 0 Å². The summed E-state index contributed by atoms with van der Waals surface area (Å²) in [7, 11) is 1.78. The van der Waals surface area contributed by atoms with Crippen LogP contribution in [0.1, 0.15) is 94.6 Å². The van der Waals surface area contributed by atoms with Crippen molar-refractivity contribution in [1.29, 1.82) is 0 Å². The van der Waals surface area contributed by atoms with E-state index in [1.165, 1.54) is 70.6 Å². The Labute approximate surface area is 141 Å². The first-order valence-corrected chi connectivity index (χ1v) is 9.45. The lowest BCUT2D eigenvalue weighted by Gasteiger charge is -2.03. The molecule has 0 bridgehead atoms. The summed E-state index contributed by atoms with van der Waals surface area (Å²) >= 11 is 0. The molecule has 0 fully saturated rings. The number of rotatable bonds is 14. The van der Waals surface area contributed by atoms with Gasteiger partial charge in [0.05, 0.1) is 13.6 Å². The van der Waals surface area contributed by atoms with Gasteiger partial charge in [-0.15, -0.1) is 0 Å². The van der Waals surface area contributed by atoms with Gasteiger partial charge in [0.1, 0.15) is 12.4 Å². The molecule has 132 valence electrons. The molecule has 1 N–H and O–H groups in total. The Morgan fingerprint density at radius 3 is 1.91 bits per heavy atom. The molecule has 0 aromatic carbocycles. The Balaban J connectivity index is 1.97. The summed E-state index contributed by atoms with van der Waals surface area (Å²) in [5, 5.41) is 9.18. The quantitative estimate of drug-likeness (QED) is 0.398. The van der Waals surface area contributed by atoms with Gasteiger partial charge in [-0.2, -0.15) is 0 Å². The topological polar surface area (TPSA) is 46.1 Å². The monoisotopic (exact) mass is 323 g/mol. The van der Waals surface area contributed by atoms with Gasteiger partial charge in [0.15, 0.2) is 0 Å². The van der Waals surface area contributed by atoms with Gasteiger partial charge in [-0.3, -0.25) is 0 Å². The van der Waals surface area contributed by atoms with Gasteiger partial charge >= 0.3 is 11.8 Å². The van der Waals surface area contributed by atoms with Crippen LogP contribution in [0.4, 0.5) is 0 Å². The molecule has 1 rings (SSSR count). The molecule has 1 aromatic heterocycles. The second-order valence-electron chi connectivity index (χ2n) is 6.62. The van der Waals surface area contributed by atoms with E-state index in [0.717, 1.165) is 13.0 Å². The van der Waals surface area contributed by atoms with E-state index in [2.05, 4.69) is 6.92 Å². The maximum absolute atomic E-state index is 11.2. The number of unbranched alkanes of at least 4 members (excludes halogenated alkanes) is 11. The summed E-state index contributed by atoms with van der Waals surface area (Å²) in [4.78, 5) is 11.2. The van der Waals surface area contributed by atoms with Crippen LogP contribution in [-0.4, -0.2) is 15.6 Å². The van der Waals surface area contributed by atoms with Crippen LogP contribution in [0.15, 0.2) is 12.4 Å². The number of aromatic carboxylic acids is 1. The summed E-state index contributed by atoms with van der Waals surface area (Å²) in [5.74, 6) is -0.482. The molecule has 0 radical (unpaired) electrons. The van der Waals surface area contributed by atoms with E-state index >= 15 is 0 Å². The zero-order chi connectivity index (χ0) is 16.9. The van der Waals surface area contributed by atoms with E-state index in [0.29, 0.717) is 5.82 Å². The van der Waals surface area contributed by atoms with Gasteiger partial charge in [0, 0.05) is 0 Å². The molecule has 0 aliphatic rings. The first kappa shape index (κ1) is 19.7. The molecular formula is C19H35N2O2+. The number of nitrogens with zero attached hydrogens (tertiary/aromatic N) is 2. The first-order chi connectivity index (χ1) is 11.2. The van der Waals surface area contributed by atoms with Crippen molar-refractivity contribution in [2.24, 2.45) is 7.05 Å². The second-order valence-corrected chi connectivity index (χ2v) is 6.62. The van der Waals surface area contributed by atoms with Crippen molar-refractivity contribution in [1.82, 2.24) is 4.57 Å². The third kappa shape index (κ3) is 8.19. The lowest BCUT2D eigenvalue weighted by Crippen LogP contribution is -2.35. The average Bonchev–Trinajstić information content (AvgIpc) is 2.89. The number of carboxylic acids is 1. The van der Waals surface area contributed by atoms with Crippen LogP contribution in [0, 0.1) is 0 Å². The molecule has 0 aliphatic heterocycles. The van der Waals surface area contributed by atoms with Crippen molar-refractivity contribution < 1.29 is 14.5 Å². The van der Waals surface area contributed by atoms with Gasteiger partial charge in [-0.25, -0.2) is 13.9 Å². The minimum Gasteiger partial charge on any atom is -0.472 e. The number of imidazole rings is 1. The molecule has 0 saturated carbocycles. The Morgan fingerprint density at radius 1 is 0.957 bits per heavy atom. The van der Waals surface area contributed by atoms with Crippen LogP contribution in [0.5, 0.6) is 0 Å². The smallest absolute Gasteiger partial charge is 0.419 e. The molecule has 1 aromatic rings. The second kappa shape index (κ2) is 12.1. The highest BCUT2D eigenvalue weighted by molar-refractivity contribution is 5.81. The van der Waals surface area contributed by atoms with Crippen molar-refractivity contribution in [3.8, 4) is 0 Å². The third-order valence-electron chi connectivity index (χ3n) is 4.52. The number of aryl methyl sites for hydroxylation is 2. The molecule has 0 unspecified atom stereocenters. The lowest BCUT2D eigenvalue weighted by molar-refractivity contribution is -0.673. The number of carboxylic acid groups (broad SMARTS) is 1. The van der Waals surface area contributed by atoms with Gasteiger partial charge in [0.25, 0.3) is 0 Å². The van der Waals surface area contributed by atoms with E-state index < -0.39 is 5.97 Å². The van der Waals surface area contributed by atoms with Crippen LogP contribution in [0.2, 0.25) is 0 Å². The predicted molar refractivity (Wildman–Crippen MR) is 93.6 cm³/mol. The van der Waals surface area contributed by atoms with E-state index in [1.807, 2.05) is 17.0 Å². The first-order valence-electron chi connectivity index (χ1n) is 9.45. The van der Waals surface area contributed by atoms with Crippen molar-refractivity contribution in [2.45, 2.75) is 90.5 Å². The van der Waals surface area contributed by atoms with Crippen molar-refractivity contribution >= 4 is 5.97 Å². The largest absolute Gasteiger partial charge is 0.472 e. The van der Waals surface area contributed by atoms with Gasteiger partial charge in [0.2, 0.25) is 0 Å². The molecule has 0 aliphatic carbocycles. The standard InChI is InChI=1S/C19H34N2O2/c1-3-4-5-6-7-8-9-10-11-12-13-14-15-21-17-16-20(2)18(21)19(22)23/h16-17H,3-15H2,1-2H3/p+1. The summed E-state index contributed by atoms with van der Waals surface area (Å²) in [6, 6.07) is 0. The van der Waals surface area contributed by atoms with E-state index in [9.17, 15) is 9.90 Å². The molecule has 0 atom stereocenters. The summed E-state index contributed by atoms with van der Waals surface area (Å²) in [6.07, 6.45) is 19.6. The maximum atomic E-state index is 11.2. The molecule has 0 amide bonds. The fraction of sp³-hybridized carbons (Fsp3) is 0.789. The molecule has 1 heterocycles. The Bertz CT molecular complexity index is 441. The van der Waals surface area contributed by atoms with Crippen molar-refractivity contribution in [3.05, 3.63) is 18.2 Å². The molecular weight excluding hydrogens is 288 g/mol. The summed E-state index contributed by atoms with van der Waals surface area (Å²) < 4.78 is 3.52.